The van der Waals surface area contributed by atoms with Gasteiger partial charge < -0.3 is 14.2 Å². The Balaban J connectivity index is 2.78. The van der Waals surface area contributed by atoms with Crippen LogP contribution in [0.5, 0.6) is 0 Å². The van der Waals surface area contributed by atoms with Crippen molar-refractivity contribution in [3.8, 4) is 0 Å². The molecule has 0 aliphatic carbocycles. The van der Waals surface area contributed by atoms with Gasteiger partial charge in [-0.05, 0) is 27.7 Å². The lowest BCUT2D eigenvalue weighted by molar-refractivity contribution is -0.146. The Labute approximate surface area is 123 Å². The first-order valence-corrected chi connectivity index (χ1v) is 6.68. The van der Waals surface area contributed by atoms with Crippen LogP contribution in [-0.4, -0.2) is 53.8 Å². The molecule has 0 aromatic carbocycles. The zero-order valence-corrected chi connectivity index (χ0v) is 12.8. The molecule has 1 aliphatic heterocycles. The first kappa shape index (κ1) is 17.0. The summed E-state index contributed by atoms with van der Waals surface area (Å²) in [4.78, 5) is 36.6. The van der Waals surface area contributed by atoms with Gasteiger partial charge in [-0.1, -0.05) is 12.7 Å². The van der Waals surface area contributed by atoms with Gasteiger partial charge >= 0.3 is 18.0 Å². The maximum Gasteiger partial charge on any atom is 0.411 e. The predicted octanol–water partition coefficient (Wildman–Crippen LogP) is 1.27. The number of ether oxygens (including phenoxy) is 3. The lowest BCUT2D eigenvalue weighted by Gasteiger charge is -2.20. The van der Waals surface area contributed by atoms with Crippen LogP contribution in [0.4, 0.5) is 4.79 Å². The molecule has 2 atom stereocenters. The summed E-state index contributed by atoms with van der Waals surface area (Å²) in [5, 5.41) is 0. The van der Waals surface area contributed by atoms with Crippen molar-refractivity contribution < 1.29 is 28.6 Å². The van der Waals surface area contributed by atoms with Crippen molar-refractivity contribution in [2.45, 2.75) is 45.4 Å². The van der Waals surface area contributed by atoms with Gasteiger partial charge in [0.25, 0.3) is 0 Å². The van der Waals surface area contributed by atoms with E-state index in [1.807, 2.05) is 0 Å². The van der Waals surface area contributed by atoms with E-state index in [2.05, 4.69) is 6.58 Å². The Bertz CT molecular complexity index is 439. The summed E-state index contributed by atoms with van der Waals surface area (Å²) < 4.78 is 14.9. The fourth-order valence-corrected chi connectivity index (χ4v) is 1.71. The molecular formula is C14H21NO6. The van der Waals surface area contributed by atoms with E-state index in [0.717, 1.165) is 4.90 Å². The predicted molar refractivity (Wildman–Crippen MR) is 73.4 cm³/mol. The summed E-state index contributed by atoms with van der Waals surface area (Å²) >= 11 is 0. The molecular weight excluding hydrogens is 278 g/mol. The summed E-state index contributed by atoms with van der Waals surface area (Å²) in [6, 6.07) is -1.99. The molecule has 7 nitrogen and oxygen atoms in total. The normalized spacial score (nSPS) is 20.5. The minimum absolute atomic E-state index is 0.00698. The largest absolute Gasteiger partial charge is 0.464 e. The third-order valence-electron chi connectivity index (χ3n) is 2.53. The third-order valence-corrected chi connectivity index (χ3v) is 2.53. The van der Waals surface area contributed by atoms with Gasteiger partial charge in [-0.15, -0.1) is 0 Å². The summed E-state index contributed by atoms with van der Waals surface area (Å²) in [7, 11) is 0. The summed E-state index contributed by atoms with van der Waals surface area (Å²) in [6.07, 6.45) is 0.651. The molecule has 0 N–H and O–H groups in total. The van der Waals surface area contributed by atoms with Crippen LogP contribution in [0.15, 0.2) is 12.7 Å². The number of amides is 1. The van der Waals surface area contributed by atoms with E-state index in [9.17, 15) is 14.4 Å². The smallest absolute Gasteiger partial charge is 0.411 e. The lowest BCUT2D eigenvalue weighted by Crippen LogP contribution is -2.30. The molecule has 0 bridgehead atoms. The average molecular weight is 299 g/mol. The van der Waals surface area contributed by atoms with Gasteiger partial charge in [0.15, 0.2) is 12.1 Å². The van der Waals surface area contributed by atoms with Gasteiger partial charge in [-0.25, -0.2) is 14.4 Å². The second-order valence-electron chi connectivity index (χ2n) is 5.45. The van der Waals surface area contributed by atoms with Crippen LogP contribution < -0.4 is 0 Å². The highest BCUT2D eigenvalue weighted by Crippen LogP contribution is 2.32. The fraction of sp³-hybridized carbons (Fsp3) is 0.643. The Morgan fingerprint density at radius 2 is 1.67 bits per heavy atom. The van der Waals surface area contributed by atoms with E-state index >= 15 is 0 Å². The number of carbonyl (C=O) groups is 3. The van der Waals surface area contributed by atoms with Crippen LogP contribution in [0.1, 0.15) is 27.7 Å². The minimum atomic E-state index is -1.00. The molecule has 1 aliphatic rings. The monoisotopic (exact) mass is 299 g/mol. The van der Waals surface area contributed by atoms with E-state index in [0.29, 0.717) is 0 Å². The van der Waals surface area contributed by atoms with Gasteiger partial charge in [0, 0.05) is 0 Å². The van der Waals surface area contributed by atoms with E-state index in [4.69, 9.17) is 14.2 Å². The molecule has 1 saturated heterocycles. The Hall–Kier alpha value is -2.05. The number of esters is 2. The topological polar surface area (TPSA) is 81.9 Å². The molecule has 0 unspecified atom stereocenters. The molecule has 0 radical (unpaired) electrons. The SMILES string of the molecule is C=CCOC(=O)[C@@H]1[C@@H](C(=O)OCC)N1C(=O)OC(C)(C)C. The second kappa shape index (κ2) is 6.60. The Kier molecular flexibility index (Phi) is 5.34. The molecule has 1 amide bonds. The molecule has 1 heterocycles. The maximum absolute atomic E-state index is 12.0. The molecule has 0 saturated carbocycles. The third kappa shape index (κ3) is 4.47. The quantitative estimate of drug-likeness (QED) is 0.329. The van der Waals surface area contributed by atoms with Crippen LogP contribution in [0, 0.1) is 0 Å². The number of rotatable bonds is 5. The highest BCUT2D eigenvalue weighted by Gasteiger charge is 2.63. The van der Waals surface area contributed by atoms with Crippen molar-refractivity contribution in [3.63, 3.8) is 0 Å². The molecule has 118 valence electrons. The number of carbonyl (C=O) groups excluding carboxylic acids is 3. The Morgan fingerprint density at radius 1 is 1.14 bits per heavy atom. The standard InChI is InChI=1S/C14H21NO6/c1-6-8-20-12(17)10-9(11(16)19-7-2)15(10)13(18)21-14(3,4)5/h6,9-10H,1,7-8H2,2-5H3/t9-,10-,15?/m0/s1. The van der Waals surface area contributed by atoms with E-state index in [1.54, 1.807) is 27.7 Å². The molecule has 0 spiro atoms. The van der Waals surface area contributed by atoms with Gasteiger partial charge in [-0.2, -0.15) is 0 Å². The van der Waals surface area contributed by atoms with Crippen LogP contribution in [0.2, 0.25) is 0 Å². The number of hydrogen-bond acceptors (Lipinski definition) is 6. The number of hydrogen-bond donors (Lipinski definition) is 0. The van der Waals surface area contributed by atoms with Crippen LogP contribution in [0.25, 0.3) is 0 Å². The molecule has 0 aromatic heterocycles. The van der Waals surface area contributed by atoms with Crippen molar-refractivity contribution in [2.24, 2.45) is 0 Å². The highest BCUT2D eigenvalue weighted by molar-refractivity contribution is 5.99. The van der Waals surface area contributed by atoms with Gasteiger partial charge in [0.1, 0.15) is 12.2 Å². The van der Waals surface area contributed by atoms with Crippen molar-refractivity contribution >= 4 is 18.0 Å². The summed E-state index contributed by atoms with van der Waals surface area (Å²) in [5.41, 5.74) is -0.728. The van der Waals surface area contributed by atoms with E-state index in [1.165, 1.54) is 6.08 Å². The van der Waals surface area contributed by atoms with Gasteiger partial charge in [-0.3, -0.25) is 4.90 Å². The van der Waals surface area contributed by atoms with Crippen LogP contribution in [0.3, 0.4) is 0 Å². The first-order chi connectivity index (χ1) is 9.72. The zero-order valence-electron chi connectivity index (χ0n) is 12.8. The fourth-order valence-electron chi connectivity index (χ4n) is 1.71. The highest BCUT2D eigenvalue weighted by atomic mass is 16.6. The zero-order chi connectivity index (χ0) is 16.2. The van der Waals surface area contributed by atoms with Crippen LogP contribution >= 0.6 is 0 Å². The van der Waals surface area contributed by atoms with E-state index < -0.39 is 35.7 Å². The van der Waals surface area contributed by atoms with Crippen LogP contribution in [-0.2, 0) is 23.8 Å². The van der Waals surface area contributed by atoms with Crippen molar-refractivity contribution in [2.75, 3.05) is 13.2 Å². The lowest BCUT2D eigenvalue weighted by atomic mass is 10.2. The van der Waals surface area contributed by atoms with Gasteiger partial charge in [0.05, 0.1) is 6.61 Å². The van der Waals surface area contributed by atoms with Crippen molar-refractivity contribution in [1.82, 2.24) is 4.90 Å². The number of nitrogens with zero attached hydrogens (tertiary/aromatic N) is 1. The average Bonchev–Trinajstić information content (AvgIpc) is 3.09. The minimum Gasteiger partial charge on any atom is -0.464 e. The first-order valence-electron chi connectivity index (χ1n) is 6.68. The molecule has 1 rings (SSSR count). The molecule has 21 heavy (non-hydrogen) atoms. The molecule has 1 fully saturated rings. The summed E-state index contributed by atoms with van der Waals surface area (Å²) in [5.74, 6) is -1.33. The van der Waals surface area contributed by atoms with E-state index in [-0.39, 0.29) is 13.2 Å². The Morgan fingerprint density at radius 3 is 2.10 bits per heavy atom. The van der Waals surface area contributed by atoms with Gasteiger partial charge in [0.2, 0.25) is 0 Å². The second-order valence-corrected chi connectivity index (χ2v) is 5.45. The van der Waals surface area contributed by atoms with Crippen molar-refractivity contribution in [1.29, 1.82) is 0 Å². The molecule has 0 aromatic rings. The van der Waals surface area contributed by atoms with Crippen molar-refractivity contribution in [3.05, 3.63) is 12.7 Å². The summed E-state index contributed by atoms with van der Waals surface area (Å²) in [6.45, 7) is 10.3. The molecule has 7 heteroatoms. The maximum atomic E-state index is 12.0.